The quantitative estimate of drug-likeness (QED) is 0.618. The number of pyridine rings is 1. The van der Waals surface area contributed by atoms with Gasteiger partial charge < -0.3 is 0 Å². The number of piperidine rings is 1. The van der Waals surface area contributed by atoms with Gasteiger partial charge in [0.15, 0.2) is 0 Å². The summed E-state index contributed by atoms with van der Waals surface area (Å²) in [6.45, 7) is 1.88. The minimum absolute atomic E-state index is 0.179. The van der Waals surface area contributed by atoms with Crippen LogP contribution in [0, 0.1) is 0 Å². The summed E-state index contributed by atoms with van der Waals surface area (Å²) in [4.78, 5) is 27.3. The Morgan fingerprint density at radius 3 is 2.65 bits per heavy atom. The highest BCUT2D eigenvalue weighted by molar-refractivity contribution is 6.02. The SMILES string of the molecule is CC[C@]1(c2ccncc2)CCC(=O)N(O)C1=O. The number of amides is 2. The van der Waals surface area contributed by atoms with Gasteiger partial charge in [-0.3, -0.25) is 19.8 Å². The van der Waals surface area contributed by atoms with Crippen LogP contribution >= 0.6 is 0 Å². The van der Waals surface area contributed by atoms with Gasteiger partial charge in [-0.25, -0.2) is 0 Å². The zero-order chi connectivity index (χ0) is 12.5. The highest BCUT2D eigenvalue weighted by Crippen LogP contribution is 2.37. The summed E-state index contributed by atoms with van der Waals surface area (Å²) in [5.41, 5.74) is -0.00227. The number of rotatable bonds is 2. The van der Waals surface area contributed by atoms with Crippen molar-refractivity contribution in [3.05, 3.63) is 30.1 Å². The molecule has 5 heteroatoms. The van der Waals surface area contributed by atoms with Crippen LogP contribution in [0.2, 0.25) is 0 Å². The van der Waals surface area contributed by atoms with Crippen LogP contribution in [-0.2, 0) is 15.0 Å². The van der Waals surface area contributed by atoms with Gasteiger partial charge in [-0.15, -0.1) is 0 Å². The normalized spacial score (nSPS) is 25.2. The Hall–Kier alpha value is -1.75. The van der Waals surface area contributed by atoms with Gasteiger partial charge in [-0.05, 0) is 30.5 Å². The molecule has 0 aromatic carbocycles. The molecule has 0 bridgehead atoms. The van der Waals surface area contributed by atoms with E-state index < -0.39 is 17.2 Å². The molecule has 1 aliphatic rings. The molecular weight excluding hydrogens is 220 g/mol. The van der Waals surface area contributed by atoms with Crippen LogP contribution in [-0.4, -0.2) is 27.1 Å². The van der Waals surface area contributed by atoms with Crippen LogP contribution in [0.15, 0.2) is 24.5 Å². The summed E-state index contributed by atoms with van der Waals surface area (Å²) >= 11 is 0. The zero-order valence-corrected chi connectivity index (χ0v) is 9.59. The third kappa shape index (κ3) is 1.72. The third-order valence-electron chi connectivity index (χ3n) is 3.44. The lowest BCUT2D eigenvalue weighted by Gasteiger charge is -2.37. The lowest BCUT2D eigenvalue weighted by atomic mass is 9.72. The van der Waals surface area contributed by atoms with Gasteiger partial charge in [-0.2, -0.15) is 5.06 Å². The van der Waals surface area contributed by atoms with E-state index in [4.69, 9.17) is 0 Å². The molecule has 0 radical (unpaired) electrons. The number of carbonyl (C=O) groups excluding carboxylic acids is 2. The molecule has 0 spiro atoms. The molecule has 2 rings (SSSR count). The number of imide groups is 1. The number of hydroxylamine groups is 2. The lowest BCUT2D eigenvalue weighted by Crippen LogP contribution is -2.52. The van der Waals surface area contributed by atoms with Crippen molar-refractivity contribution in [1.29, 1.82) is 0 Å². The molecule has 1 aromatic rings. The molecule has 0 saturated carbocycles. The Kier molecular flexibility index (Phi) is 2.93. The molecule has 5 nitrogen and oxygen atoms in total. The summed E-state index contributed by atoms with van der Waals surface area (Å²) in [5, 5.41) is 9.75. The van der Waals surface area contributed by atoms with Crippen molar-refractivity contribution < 1.29 is 14.8 Å². The fourth-order valence-electron chi connectivity index (χ4n) is 2.32. The molecule has 1 fully saturated rings. The number of hydrogen-bond acceptors (Lipinski definition) is 4. The second kappa shape index (κ2) is 4.25. The maximum Gasteiger partial charge on any atom is 0.263 e. The summed E-state index contributed by atoms with van der Waals surface area (Å²) in [6, 6.07) is 3.51. The van der Waals surface area contributed by atoms with E-state index in [-0.39, 0.29) is 11.5 Å². The molecule has 1 saturated heterocycles. The van der Waals surface area contributed by atoms with E-state index in [0.717, 1.165) is 5.56 Å². The summed E-state index contributed by atoms with van der Waals surface area (Å²) in [6.07, 6.45) is 4.37. The first-order valence-corrected chi connectivity index (χ1v) is 5.58. The van der Waals surface area contributed by atoms with Crippen molar-refractivity contribution >= 4 is 11.8 Å². The Balaban J connectivity index is 2.45. The van der Waals surface area contributed by atoms with E-state index >= 15 is 0 Å². The van der Waals surface area contributed by atoms with Gasteiger partial charge in [-0.1, -0.05) is 6.92 Å². The molecular formula is C12H14N2O3. The topological polar surface area (TPSA) is 70.5 Å². The monoisotopic (exact) mass is 234 g/mol. The molecule has 0 unspecified atom stereocenters. The first kappa shape index (κ1) is 11.7. The number of hydrogen-bond donors (Lipinski definition) is 1. The van der Waals surface area contributed by atoms with Crippen molar-refractivity contribution in [1.82, 2.24) is 10.0 Å². The van der Waals surface area contributed by atoms with Gasteiger partial charge in [0.05, 0.1) is 5.41 Å². The highest BCUT2D eigenvalue weighted by Gasteiger charge is 2.46. The predicted octanol–water partition coefficient (Wildman–Crippen LogP) is 1.27. The van der Waals surface area contributed by atoms with Crippen molar-refractivity contribution in [3.8, 4) is 0 Å². The molecule has 17 heavy (non-hydrogen) atoms. The van der Waals surface area contributed by atoms with Crippen LogP contribution in [0.3, 0.4) is 0 Å². The minimum atomic E-state index is -0.800. The maximum atomic E-state index is 12.1. The Morgan fingerprint density at radius 1 is 1.41 bits per heavy atom. The van der Waals surface area contributed by atoms with E-state index in [1.54, 1.807) is 24.5 Å². The second-order valence-corrected chi connectivity index (χ2v) is 4.18. The van der Waals surface area contributed by atoms with Gasteiger partial charge in [0.25, 0.3) is 11.8 Å². The molecule has 1 aliphatic heterocycles. The first-order chi connectivity index (χ1) is 8.12. The molecule has 2 amide bonds. The van der Waals surface area contributed by atoms with E-state index in [0.29, 0.717) is 12.8 Å². The smallest absolute Gasteiger partial charge is 0.263 e. The second-order valence-electron chi connectivity index (χ2n) is 4.18. The van der Waals surface area contributed by atoms with Crippen molar-refractivity contribution in [2.24, 2.45) is 0 Å². The lowest BCUT2D eigenvalue weighted by molar-refractivity contribution is -0.189. The summed E-state index contributed by atoms with van der Waals surface area (Å²) in [7, 11) is 0. The fourth-order valence-corrected chi connectivity index (χ4v) is 2.32. The third-order valence-corrected chi connectivity index (χ3v) is 3.44. The van der Waals surface area contributed by atoms with Gasteiger partial charge >= 0.3 is 0 Å². The van der Waals surface area contributed by atoms with Crippen molar-refractivity contribution in [2.45, 2.75) is 31.6 Å². The average molecular weight is 234 g/mol. The standard InChI is InChI=1S/C12H14N2O3/c1-2-12(9-4-7-13-8-5-9)6-3-10(15)14(17)11(12)16/h4-5,7-8,17H,2-3,6H2,1H3/t12-/m1/s1. The van der Waals surface area contributed by atoms with Gasteiger partial charge in [0.2, 0.25) is 0 Å². The van der Waals surface area contributed by atoms with Crippen molar-refractivity contribution in [3.63, 3.8) is 0 Å². The number of carbonyl (C=O) groups is 2. The highest BCUT2D eigenvalue weighted by atomic mass is 16.5. The zero-order valence-electron chi connectivity index (χ0n) is 9.59. The molecule has 2 heterocycles. The Bertz CT molecular complexity index is 446. The van der Waals surface area contributed by atoms with E-state index in [1.807, 2.05) is 6.92 Å². The summed E-state index contributed by atoms with van der Waals surface area (Å²) in [5.74, 6) is -1.07. The Morgan fingerprint density at radius 2 is 2.06 bits per heavy atom. The van der Waals surface area contributed by atoms with Crippen LogP contribution in [0.4, 0.5) is 0 Å². The number of nitrogens with zero attached hydrogens (tertiary/aromatic N) is 2. The van der Waals surface area contributed by atoms with Gasteiger partial charge in [0.1, 0.15) is 0 Å². The first-order valence-electron chi connectivity index (χ1n) is 5.58. The van der Waals surface area contributed by atoms with Crippen molar-refractivity contribution in [2.75, 3.05) is 0 Å². The maximum absolute atomic E-state index is 12.1. The van der Waals surface area contributed by atoms with Gasteiger partial charge in [0, 0.05) is 18.8 Å². The average Bonchev–Trinajstić information content (AvgIpc) is 2.38. The molecule has 90 valence electrons. The summed E-state index contributed by atoms with van der Waals surface area (Å²) < 4.78 is 0. The van der Waals surface area contributed by atoms with E-state index in [1.165, 1.54) is 0 Å². The molecule has 1 atom stereocenters. The predicted molar refractivity (Wildman–Crippen MR) is 59.1 cm³/mol. The molecule has 1 N–H and O–H groups in total. The minimum Gasteiger partial charge on any atom is -0.278 e. The molecule has 1 aromatic heterocycles. The van der Waals surface area contributed by atoms with Crippen LogP contribution in [0.25, 0.3) is 0 Å². The fraction of sp³-hybridized carbons (Fsp3) is 0.417. The van der Waals surface area contributed by atoms with Crippen LogP contribution in [0.1, 0.15) is 31.7 Å². The van der Waals surface area contributed by atoms with Crippen LogP contribution in [0.5, 0.6) is 0 Å². The van der Waals surface area contributed by atoms with Crippen LogP contribution < -0.4 is 0 Å². The number of aromatic nitrogens is 1. The van der Waals surface area contributed by atoms with E-state index in [2.05, 4.69) is 4.98 Å². The molecule has 0 aliphatic carbocycles. The Labute approximate surface area is 99.0 Å². The van der Waals surface area contributed by atoms with E-state index in [9.17, 15) is 14.8 Å². The largest absolute Gasteiger partial charge is 0.278 e.